The summed E-state index contributed by atoms with van der Waals surface area (Å²) in [6.45, 7) is -0.165. The average Bonchev–Trinajstić information content (AvgIpc) is 2.65. The van der Waals surface area contributed by atoms with Crippen LogP contribution in [0.5, 0.6) is 5.75 Å². The molecule has 2 heterocycles. The zero-order valence-corrected chi connectivity index (χ0v) is 14.4. The highest BCUT2D eigenvalue weighted by molar-refractivity contribution is 5.59. The molecule has 0 aromatic heterocycles. The molecule has 1 fully saturated rings. The predicted molar refractivity (Wildman–Crippen MR) is 93.3 cm³/mol. The number of ether oxygens (including phenoxy) is 1. The lowest BCUT2D eigenvalue weighted by Gasteiger charge is -2.45. The lowest BCUT2D eigenvalue weighted by Crippen LogP contribution is -2.40. The normalized spacial score (nSPS) is 27.4. The third-order valence-corrected chi connectivity index (χ3v) is 5.41. The molecule has 0 radical (unpaired) electrons. The first-order valence-electron chi connectivity index (χ1n) is 8.90. The Balaban J connectivity index is 1.78. The van der Waals surface area contributed by atoms with Crippen LogP contribution in [0.15, 0.2) is 42.5 Å². The van der Waals surface area contributed by atoms with E-state index < -0.39 is 23.9 Å². The van der Waals surface area contributed by atoms with Gasteiger partial charge in [0.2, 0.25) is 0 Å². The van der Waals surface area contributed by atoms with Gasteiger partial charge in [-0.2, -0.15) is 13.2 Å². The molecule has 4 atom stereocenters. The summed E-state index contributed by atoms with van der Waals surface area (Å²) in [7, 11) is 0. The number of rotatable bonds is 2. The van der Waals surface area contributed by atoms with Crippen LogP contribution in [0.1, 0.15) is 41.7 Å². The second-order valence-corrected chi connectivity index (χ2v) is 7.12. The van der Waals surface area contributed by atoms with E-state index in [1.807, 2.05) is 6.07 Å². The first-order valence-corrected chi connectivity index (χ1v) is 8.90. The number of hydrogen-bond donors (Lipinski definition) is 3. The summed E-state index contributed by atoms with van der Waals surface area (Å²) in [4.78, 5) is 0. The van der Waals surface area contributed by atoms with E-state index in [0.717, 1.165) is 17.7 Å². The van der Waals surface area contributed by atoms with Gasteiger partial charge in [-0.3, -0.25) is 0 Å². The molecule has 0 spiro atoms. The second-order valence-electron chi connectivity index (χ2n) is 7.12. The van der Waals surface area contributed by atoms with Crippen LogP contribution in [0.3, 0.4) is 0 Å². The van der Waals surface area contributed by atoms with Crippen molar-refractivity contribution in [2.24, 2.45) is 5.92 Å². The molecule has 0 aliphatic carbocycles. The fourth-order valence-electron chi connectivity index (χ4n) is 4.11. The monoisotopic (exact) mass is 379 g/mol. The van der Waals surface area contributed by atoms with Crippen molar-refractivity contribution in [1.29, 1.82) is 0 Å². The fourth-order valence-corrected chi connectivity index (χ4v) is 4.11. The molecule has 0 amide bonds. The van der Waals surface area contributed by atoms with Crippen LogP contribution in [-0.2, 0) is 10.9 Å². The summed E-state index contributed by atoms with van der Waals surface area (Å²) < 4.78 is 45.5. The minimum Gasteiger partial charge on any atom is -0.508 e. The molecular formula is C20H20F3NO3. The number of fused-ring (bicyclic) bond motifs is 3. The van der Waals surface area contributed by atoms with Crippen LogP contribution in [0.2, 0.25) is 0 Å². The predicted octanol–water partition coefficient (Wildman–Crippen LogP) is 4.41. The van der Waals surface area contributed by atoms with Crippen LogP contribution in [0.25, 0.3) is 0 Å². The van der Waals surface area contributed by atoms with Gasteiger partial charge in [0.05, 0.1) is 30.4 Å². The standard InChI is InChI=1S/C20H20F3NO3/c21-20(22,23)12-4-7-17-16(9-12)19-15(6-5-14(10-25)27-19)18(24-17)11-2-1-3-13(26)8-11/h1-4,7-9,14-15,18-19,24-26H,5-6,10H2/t14?,15?,18-,19?/m0/s1. The van der Waals surface area contributed by atoms with Crippen molar-refractivity contribution in [3.8, 4) is 5.75 Å². The number of aliphatic hydroxyl groups is 1. The SMILES string of the molecule is OCC1CCC2C(O1)c1cc(C(F)(F)F)ccc1N[C@H]2c1cccc(O)c1. The zero-order chi connectivity index (χ0) is 19.2. The highest BCUT2D eigenvalue weighted by Gasteiger charge is 2.43. The number of alkyl halides is 3. The summed E-state index contributed by atoms with van der Waals surface area (Å²) in [6.07, 6.45) is -4.06. The minimum atomic E-state index is -4.43. The van der Waals surface area contributed by atoms with Gasteiger partial charge in [0.1, 0.15) is 5.75 Å². The molecule has 2 aliphatic heterocycles. The first-order chi connectivity index (χ1) is 12.9. The van der Waals surface area contributed by atoms with E-state index in [9.17, 15) is 23.4 Å². The number of aromatic hydroxyl groups is 1. The zero-order valence-electron chi connectivity index (χ0n) is 14.4. The van der Waals surface area contributed by atoms with E-state index in [2.05, 4.69) is 5.32 Å². The maximum absolute atomic E-state index is 13.2. The fraction of sp³-hybridized carbons (Fsp3) is 0.400. The lowest BCUT2D eigenvalue weighted by atomic mass is 9.76. The van der Waals surface area contributed by atoms with E-state index in [1.54, 1.807) is 18.2 Å². The third-order valence-electron chi connectivity index (χ3n) is 5.41. The summed E-state index contributed by atoms with van der Waals surface area (Å²) in [5.41, 5.74) is 1.18. The average molecular weight is 379 g/mol. The number of phenols is 1. The van der Waals surface area contributed by atoms with Crippen molar-refractivity contribution in [1.82, 2.24) is 0 Å². The Hall–Kier alpha value is -2.25. The van der Waals surface area contributed by atoms with Crippen molar-refractivity contribution in [3.05, 3.63) is 59.2 Å². The van der Waals surface area contributed by atoms with Crippen molar-refractivity contribution in [2.45, 2.75) is 37.3 Å². The lowest BCUT2D eigenvalue weighted by molar-refractivity contribution is -0.138. The quantitative estimate of drug-likeness (QED) is 0.724. The summed E-state index contributed by atoms with van der Waals surface area (Å²) in [5.74, 6) is 0.0274. The molecule has 144 valence electrons. The number of halogens is 3. The number of aliphatic hydroxyl groups excluding tert-OH is 1. The van der Waals surface area contributed by atoms with Crippen LogP contribution >= 0.6 is 0 Å². The Bertz CT molecular complexity index is 839. The number of benzene rings is 2. The van der Waals surface area contributed by atoms with E-state index >= 15 is 0 Å². The molecule has 4 rings (SSSR count). The maximum Gasteiger partial charge on any atom is 0.416 e. The Kier molecular flexibility index (Phi) is 4.52. The van der Waals surface area contributed by atoms with Crippen molar-refractivity contribution in [2.75, 3.05) is 11.9 Å². The van der Waals surface area contributed by atoms with Gasteiger partial charge in [0, 0.05) is 17.2 Å². The molecule has 4 nitrogen and oxygen atoms in total. The minimum absolute atomic E-state index is 0.106. The molecule has 2 aromatic rings. The highest BCUT2D eigenvalue weighted by Crippen LogP contribution is 2.51. The molecule has 27 heavy (non-hydrogen) atoms. The van der Waals surface area contributed by atoms with Gasteiger partial charge >= 0.3 is 6.18 Å². The van der Waals surface area contributed by atoms with Crippen LogP contribution < -0.4 is 5.32 Å². The first kappa shape index (κ1) is 18.1. The van der Waals surface area contributed by atoms with E-state index in [1.165, 1.54) is 6.07 Å². The van der Waals surface area contributed by atoms with Crippen LogP contribution in [0, 0.1) is 5.92 Å². The van der Waals surface area contributed by atoms with Gasteiger partial charge in [0.15, 0.2) is 0 Å². The third kappa shape index (κ3) is 3.37. The van der Waals surface area contributed by atoms with Gasteiger partial charge in [-0.15, -0.1) is 0 Å². The topological polar surface area (TPSA) is 61.7 Å². The number of hydrogen-bond acceptors (Lipinski definition) is 4. The molecular weight excluding hydrogens is 359 g/mol. The molecule has 2 aliphatic rings. The maximum atomic E-state index is 13.2. The Morgan fingerprint density at radius 2 is 1.93 bits per heavy atom. The van der Waals surface area contributed by atoms with Crippen LogP contribution in [0.4, 0.5) is 18.9 Å². The Morgan fingerprint density at radius 1 is 1.11 bits per heavy atom. The Morgan fingerprint density at radius 3 is 2.63 bits per heavy atom. The molecule has 2 aromatic carbocycles. The summed E-state index contributed by atoms with van der Waals surface area (Å²) in [5, 5.41) is 22.6. The van der Waals surface area contributed by atoms with E-state index in [4.69, 9.17) is 4.74 Å². The second kappa shape index (κ2) is 6.73. The number of anilines is 1. The Labute approximate surface area is 154 Å². The molecule has 3 N–H and O–H groups in total. The largest absolute Gasteiger partial charge is 0.508 e. The number of phenolic OH excluding ortho intramolecular Hbond substituents is 1. The smallest absolute Gasteiger partial charge is 0.416 e. The highest BCUT2D eigenvalue weighted by atomic mass is 19.4. The van der Waals surface area contributed by atoms with Gasteiger partial charge in [-0.1, -0.05) is 12.1 Å². The number of nitrogens with one attached hydrogen (secondary N) is 1. The van der Waals surface area contributed by atoms with Gasteiger partial charge in [0.25, 0.3) is 0 Å². The van der Waals surface area contributed by atoms with Crippen molar-refractivity contribution in [3.63, 3.8) is 0 Å². The molecule has 0 bridgehead atoms. The van der Waals surface area contributed by atoms with Gasteiger partial charge in [-0.05, 0) is 48.7 Å². The summed E-state index contributed by atoms with van der Waals surface area (Å²) >= 11 is 0. The van der Waals surface area contributed by atoms with E-state index in [-0.39, 0.29) is 24.3 Å². The molecule has 0 saturated carbocycles. The molecule has 3 unspecified atom stereocenters. The molecule has 1 saturated heterocycles. The van der Waals surface area contributed by atoms with Gasteiger partial charge in [-0.25, -0.2) is 0 Å². The van der Waals surface area contributed by atoms with E-state index in [0.29, 0.717) is 24.1 Å². The van der Waals surface area contributed by atoms with Crippen molar-refractivity contribution < 1.29 is 28.1 Å². The van der Waals surface area contributed by atoms with Gasteiger partial charge < -0.3 is 20.3 Å². The molecule has 7 heteroatoms. The summed E-state index contributed by atoms with van der Waals surface area (Å²) in [6, 6.07) is 10.3. The van der Waals surface area contributed by atoms with Crippen molar-refractivity contribution >= 4 is 5.69 Å². The van der Waals surface area contributed by atoms with Crippen LogP contribution in [-0.4, -0.2) is 22.9 Å².